The van der Waals surface area contributed by atoms with Crippen molar-refractivity contribution in [3.8, 4) is 0 Å². The molecule has 1 aromatic rings. The minimum Gasteiger partial charge on any atom is -0.438 e. The molecular formula is C15H17ClF3NO3S. The summed E-state index contributed by atoms with van der Waals surface area (Å²) >= 11 is 7.37. The number of ether oxygens (including phenoxy) is 2. The van der Waals surface area contributed by atoms with Gasteiger partial charge in [-0.1, -0.05) is 17.7 Å². The zero-order chi connectivity index (χ0) is 17.7. The van der Waals surface area contributed by atoms with Crippen LogP contribution in [0.3, 0.4) is 0 Å². The Kier molecular flexibility index (Phi) is 6.65. The van der Waals surface area contributed by atoms with Crippen LogP contribution in [-0.2, 0) is 20.4 Å². The number of carbonyl (C=O) groups excluding carboxylic acids is 1. The summed E-state index contributed by atoms with van der Waals surface area (Å²) in [5, 5.41) is -0.152. The molecule has 1 aliphatic rings. The van der Waals surface area contributed by atoms with E-state index in [1.807, 2.05) is 4.90 Å². The monoisotopic (exact) mass is 383 g/mol. The van der Waals surface area contributed by atoms with Crippen LogP contribution in [0.5, 0.6) is 0 Å². The summed E-state index contributed by atoms with van der Waals surface area (Å²) in [7, 11) is 1.42. The summed E-state index contributed by atoms with van der Waals surface area (Å²) in [6.45, 7) is 1.03. The van der Waals surface area contributed by atoms with E-state index in [2.05, 4.69) is 4.74 Å². The lowest BCUT2D eigenvalue weighted by molar-refractivity contribution is -0.150. The second-order valence-corrected chi connectivity index (χ2v) is 6.89. The highest BCUT2D eigenvalue weighted by Gasteiger charge is 2.35. The van der Waals surface area contributed by atoms with Gasteiger partial charge in [0.2, 0.25) is 0 Å². The van der Waals surface area contributed by atoms with Gasteiger partial charge in [0.15, 0.2) is 6.79 Å². The fourth-order valence-corrected chi connectivity index (χ4v) is 3.78. The highest BCUT2D eigenvalue weighted by molar-refractivity contribution is 8.00. The van der Waals surface area contributed by atoms with Crippen molar-refractivity contribution in [1.29, 1.82) is 0 Å². The average Bonchev–Trinajstić information content (AvgIpc) is 2.98. The maximum absolute atomic E-state index is 12.9. The summed E-state index contributed by atoms with van der Waals surface area (Å²) < 4.78 is 48.2. The maximum atomic E-state index is 12.9. The van der Waals surface area contributed by atoms with Gasteiger partial charge in [0.05, 0.1) is 22.0 Å². The Bertz CT molecular complexity index is 586. The minimum atomic E-state index is -4.48. The molecule has 2 rings (SSSR count). The molecule has 24 heavy (non-hydrogen) atoms. The number of alkyl halides is 3. The fourth-order valence-electron chi connectivity index (χ4n) is 2.42. The van der Waals surface area contributed by atoms with Gasteiger partial charge in [-0.2, -0.15) is 13.2 Å². The Morgan fingerprint density at radius 2 is 2.21 bits per heavy atom. The first-order chi connectivity index (χ1) is 11.3. The first-order valence-electron chi connectivity index (χ1n) is 7.19. The number of esters is 1. The number of hydrogen-bond acceptors (Lipinski definition) is 5. The molecule has 1 unspecified atom stereocenters. The smallest absolute Gasteiger partial charge is 0.417 e. The van der Waals surface area contributed by atoms with Crippen molar-refractivity contribution in [3.63, 3.8) is 0 Å². The standard InChI is InChI=1S/C15H17ClF3NO3S/c1-22-9-23-13(21)8-24-10-5-6-20(7-10)12-4-2-3-11(14(12)16)15(17,18)19/h2-4,10H,5-9H2,1H3. The van der Waals surface area contributed by atoms with E-state index in [0.29, 0.717) is 18.8 Å². The molecule has 0 N–H and O–H groups in total. The lowest BCUT2D eigenvalue weighted by Crippen LogP contribution is -2.22. The molecule has 134 valence electrons. The Labute approximate surface area is 147 Å². The van der Waals surface area contributed by atoms with Crippen molar-refractivity contribution in [2.75, 3.05) is 37.6 Å². The molecule has 1 atom stereocenters. The van der Waals surface area contributed by atoms with E-state index in [1.165, 1.54) is 24.9 Å². The number of nitrogens with zero attached hydrogens (tertiary/aromatic N) is 1. The molecule has 1 aromatic carbocycles. The van der Waals surface area contributed by atoms with Crippen molar-refractivity contribution < 1.29 is 27.4 Å². The summed E-state index contributed by atoms with van der Waals surface area (Å²) in [4.78, 5) is 13.3. The number of benzene rings is 1. The van der Waals surface area contributed by atoms with Crippen LogP contribution >= 0.6 is 23.4 Å². The molecule has 0 aliphatic carbocycles. The number of halogens is 4. The van der Waals surface area contributed by atoms with Gasteiger partial charge in [0.25, 0.3) is 0 Å². The van der Waals surface area contributed by atoms with Gasteiger partial charge in [-0.05, 0) is 18.6 Å². The fraction of sp³-hybridized carbons (Fsp3) is 0.533. The van der Waals surface area contributed by atoms with E-state index >= 15 is 0 Å². The Hall–Kier alpha value is -1.12. The Morgan fingerprint density at radius 1 is 1.46 bits per heavy atom. The zero-order valence-corrected chi connectivity index (χ0v) is 14.5. The van der Waals surface area contributed by atoms with Crippen molar-refractivity contribution >= 4 is 35.0 Å². The largest absolute Gasteiger partial charge is 0.438 e. The van der Waals surface area contributed by atoms with Crippen molar-refractivity contribution in [2.24, 2.45) is 0 Å². The highest BCUT2D eigenvalue weighted by atomic mass is 35.5. The number of methoxy groups -OCH3 is 1. The van der Waals surface area contributed by atoms with Crippen LogP contribution in [0.1, 0.15) is 12.0 Å². The summed E-state index contributed by atoms with van der Waals surface area (Å²) in [5.74, 6) is -0.199. The lowest BCUT2D eigenvalue weighted by atomic mass is 10.2. The third kappa shape index (κ3) is 4.94. The van der Waals surface area contributed by atoms with Crippen LogP contribution in [0.15, 0.2) is 18.2 Å². The molecule has 0 bridgehead atoms. The molecule has 1 fully saturated rings. The molecule has 1 aliphatic heterocycles. The van der Waals surface area contributed by atoms with E-state index in [4.69, 9.17) is 16.3 Å². The van der Waals surface area contributed by atoms with Crippen molar-refractivity contribution in [3.05, 3.63) is 28.8 Å². The molecule has 1 heterocycles. The van der Waals surface area contributed by atoms with Crippen LogP contribution < -0.4 is 4.90 Å². The van der Waals surface area contributed by atoms with Gasteiger partial charge in [-0.15, -0.1) is 11.8 Å². The van der Waals surface area contributed by atoms with E-state index in [1.54, 1.807) is 6.07 Å². The highest BCUT2D eigenvalue weighted by Crippen LogP contribution is 2.40. The van der Waals surface area contributed by atoms with Crippen molar-refractivity contribution in [2.45, 2.75) is 17.8 Å². The minimum absolute atomic E-state index is 0.0873. The van der Waals surface area contributed by atoms with E-state index in [0.717, 1.165) is 12.5 Å². The van der Waals surface area contributed by atoms with Gasteiger partial charge in [-0.3, -0.25) is 4.79 Å². The molecule has 0 spiro atoms. The Morgan fingerprint density at radius 3 is 2.88 bits per heavy atom. The van der Waals surface area contributed by atoms with Crippen LogP contribution in [0.2, 0.25) is 5.02 Å². The Balaban J connectivity index is 1.95. The molecule has 4 nitrogen and oxygen atoms in total. The van der Waals surface area contributed by atoms with Gasteiger partial charge in [0, 0.05) is 25.4 Å². The van der Waals surface area contributed by atoms with Gasteiger partial charge in [-0.25, -0.2) is 0 Å². The number of carbonyl (C=O) groups is 1. The number of hydrogen-bond donors (Lipinski definition) is 0. The van der Waals surface area contributed by atoms with E-state index < -0.39 is 11.7 Å². The number of rotatable bonds is 6. The van der Waals surface area contributed by atoms with E-state index in [-0.39, 0.29) is 28.8 Å². The first-order valence-corrected chi connectivity index (χ1v) is 8.62. The van der Waals surface area contributed by atoms with Crippen LogP contribution in [0.25, 0.3) is 0 Å². The normalized spacial score (nSPS) is 18.0. The molecule has 9 heteroatoms. The van der Waals surface area contributed by atoms with Crippen LogP contribution in [0, 0.1) is 0 Å². The zero-order valence-electron chi connectivity index (χ0n) is 12.9. The first kappa shape index (κ1) is 19.2. The predicted octanol–water partition coefficient (Wildman–Crippen LogP) is 3.82. The second kappa shape index (κ2) is 8.31. The molecule has 0 aromatic heterocycles. The van der Waals surface area contributed by atoms with Gasteiger partial charge < -0.3 is 14.4 Å². The summed E-state index contributed by atoms with van der Waals surface area (Å²) in [6, 6.07) is 3.91. The third-order valence-electron chi connectivity index (χ3n) is 3.54. The predicted molar refractivity (Wildman–Crippen MR) is 87.5 cm³/mol. The number of anilines is 1. The lowest BCUT2D eigenvalue weighted by Gasteiger charge is -2.22. The molecule has 0 amide bonds. The molecule has 0 saturated carbocycles. The second-order valence-electron chi connectivity index (χ2n) is 5.23. The van der Waals surface area contributed by atoms with Crippen molar-refractivity contribution in [1.82, 2.24) is 0 Å². The number of thioether (sulfide) groups is 1. The summed E-state index contributed by atoms with van der Waals surface area (Å²) in [5.41, 5.74) is -0.461. The summed E-state index contributed by atoms with van der Waals surface area (Å²) in [6.07, 6.45) is -3.72. The van der Waals surface area contributed by atoms with Crippen LogP contribution in [0.4, 0.5) is 18.9 Å². The topological polar surface area (TPSA) is 38.8 Å². The maximum Gasteiger partial charge on any atom is 0.417 e. The van der Waals surface area contributed by atoms with Gasteiger partial charge >= 0.3 is 12.1 Å². The SMILES string of the molecule is COCOC(=O)CSC1CCN(c2cccc(C(F)(F)F)c2Cl)C1. The molecule has 1 saturated heterocycles. The average molecular weight is 384 g/mol. The molecular weight excluding hydrogens is 367 g/mol. The quantitative estimate of drug-likeness (QED) is 0.551. The van der Waals surface area contributed by atoms with Crippen LogP contribution in [-0.4, -0.2) is 44.0 Å². The third-order valence-corrected chi connectivity index (χ3v) is 5.20. The van der Waals surface area contributed by atoms with Gasteiger partial charge in [0.1, 0.15) is 0 Å². The van der Waals surface area contributed by atoms with E-state index in [9.17, 15) is 18.0 Å². The molecule has 0 radical (unpaired) electrons.